The van der Waals surface area contributed by atoms with Crippen LogP contribution >= 0.6 is 11.6 Å². The fourth-order valence-corrected chi connectivity index (χ4v) is 4.79. The maximum absolute atomic E-state index is 13.4. The third-order valence-corrected chi connectivity index (χ3v) is 6.71. The van der Waals surface area contributed by atoms with Gasteiger partial charge in [0.15, 0.2) is 5.75 Å². The standard InChI is InChI=1S/C27H26ClN3O3/c1-3-31-23-16-19(9-11-25(23)34-24-7-5-4-6-21(24)27(31)33)26(32)30-14-12-29(13-15-30)22-17-20(28)10-8-18(22)2/h4-11,16-17H,3,12-15H2,1-2H3. The van der Waals surface area contributed by atoms with Crippen LogP contribution in [0.3, 0.4) is 0 Å². The van der Waals surface area contributed by atoms with E-state index in [0.29, 0.717) is 53.0 Å². The van der Waals surface area contributed by atoms with Gasteiger partial charge in [-0.1, -0.05) is 29.8 Å². The Hall–Kier alpha value is -3.51. The molecule has 6 nitrogen and oxygen atoms in total. The van der Waals surface area contributed by atoms with Crippen molar-refractivity contribution in [2.75, 3.05) is 42.5 Å². The number of piperazine rings is 1. The molecule has 0 radical (unpaired) electrons. The third kappa shape index (κ3) is 3.99. The molecule has 0 spiro atoms. The highest BCUT2D eigenvalue weighted by molar-refractivity contribution is 6.30. The van der Waals surface area contributed by atoms with Gasteiger partial charge < -0.3 is 19.4 Å². The zero-order valence-electron chi connectivity index (χ0n) is 19.3. The van der Waals surface area contributed by atoms with Gasteiger partial charge in [-0.05, 0) is 61.9 Å². The Kier molecular flexibility index (Phi) is 5.92. The highest BCUT2D eigenvalue weighted by Crippen LogP contribution is 2.39. The van der Waals surface area contributed by atoms with Gasteiger partial charge in [0.25, 0.3) is 11.8 Å². The molecule has 0 unspecified atom stereocenters. The van der Waals surface area contributed by atoms with Gasteiger partial charge in [0.2, 0.25) is 0 Å². The van der Waals surface area contributed by atoms with E-state index < -0.39 is 0 Å². The Balaban J connectivity index is 1.37. The summed E-state index contributed by atoms with van der Waals surface area (Å²) in [5, 5.41) is 0.712. The number of amides is 2. The van der Waals surface area contributed by atoms with Gasteiger partial charge in [0, 0.05) is 49.0 Å². The maximum Gasteiger partial charge on any atom is 0.262 e. The Bertz CT molecular complexity index is 1270. The molecule has 0 N–H and O–H groups in total. The van der Waals surface area contributed by atoms with E-state index in [9.17, 15) is 9.59 Å². The number of anilines is 2. The minimum absolute atomic E-state index is 0.0458. The van der Waals surface area contributed by atoms with Crippen LogP contribution in [0.4, 0.5) is 11.4 Å². The van der Waals surface area contributed by atoms with E-state index in [0.717, 1.165) is 18.8 Å². The minimum atomic E-state index is -0.132. The molecular formula is C27H26ClN3O3. The van der Waals surface area contributed by atoms with Crippen molar-refractivity contribution in [2.24, 2.45) is 0 Å². The number of carbonyl (C=O) groups is 2. The summed E-state index contributed by atoms with van der Waals surface area (Å²) in [4.78, 5) is 32.3. The van der Waals surface area contributed by atoms with E-state index >= 15 is 0 Å². The normalized spacial score (nSPS) is 15.4. The van der Waals surface area contributed by atoms with Crippen molar-refractivity contribution < 1.29 is 14.3 Å². The largest absolute Gasteiger partial charge is 0.454 e. The molecule has 2 aliphatic heterocycles. The summed E-state index contributed by atoms with van der Waals surface area (Å²) in [6.45, 7) is 7.15. The highest BCUT2D eigenvalue weighted by Gasteiger charge is 2.29. The number of benzene rings is 3. The Morgan fingerprint density at radius 3 is 2.47 bits per heavy atom. The number of hydrogen-bond acceptors (Lipinski definition) is 4. The van der Waals surface area contributed by atoms with Crippen LogP contribution in [-0.4, -0.2) is 49.4 Å². The van der Waals surface area contributed by atoms with Crippen molar-refractivity contribution in [1.29, 1.82) is 0 Å². The summed E-state index contributed by atoms with van der Waals surface area (Å²) in [6.07, 6.45) is 0. The van der Waals surface area contributed by atoms with Gasteiger partial charge in [-0.15, -0.1) is 0 Å². The van der Waals surface area contributed by atoms with Crippen LogP contribution in [-0.2, 0) is 0 Å². The number of hydrogen-bond donors (Lipinski definition) is 0. The SMILES string of the molecule is CCN1C(=O)c2ccccc2Oc2ccc(C(=O)N3CCN(c4cc(Cl)ccc4C)CC3)cc21. The lowest BCUT2D eigenvalue weighted by Crippen LogP contribution is -2.49. The molecule has 0 saturated carbocycles. The van der Waals surface area contributed by atoms with Crippen LogP contribution < -0.4 is 14.5 Å². The molecule has 3 aromatic carbocycles. The predicted octanol–water partition coefficient (Wildman–Crippen LogP) is 5.38. The van der Waals surface area contributed by atoms with Crippen molar-refractivity contribution in [1.82, 2.24) is 4.90 Å². The van der Waals surface area contributed by atoms with E-state index in [2.05, 4.69) is 11.8 Å². The molecule has 2 aliphatic rings. The van der Waals surface area contributed by atoms with Gasteiger partial charge in [0.1, 0.15) is 5.75 Å². The average molecular weight is 476 g/mol. The lowest BCUT2D eigenvalue weighted by Gasteiger charge is -2.37. The number of ether oxygens (including phenoxy) is 1. The van der Waals surface area contributed by atoms with Gasteiger partial charge in [-0.25, -0.2) is 0 Å². The van der Waals surface area contributed by atoms with Gasteiger partial charge in [-0.2, -0.15) is 0 Å². The number of fused-ring (bicyclic) bond motifs is 2. The lowest BCUT2D eigenvalue weighted by atomic mass is 10.1. The number of halogens is 1. The fourth-order valence-electron chi connectivity index (χ4n) is 4.62. The zero-order chi connectivity index (χ0) is 23.8. The minimum Gasteiger partial charge on any atom is -0.454 e. The summed E-state index contributed by atoms with van der Waals surface area (Å²) in [7, 11) is 0. The van der Waals surface area contributed by atoms with Crippen molar-refractivity contribution >= 4 is 34.8 Å². The second-order valence-corrected chi connectivity index (χ2v) is 8.98. The molecule has 0 bridgehead atoms. The Labute approximate surface area is 204 Å². The van der Waals surface area contributed by atoms with E-state index in [4.69, 9.17) is 16.3 Å². The second-order valence-electron chi connectivity index (χ2n) is 8.54. The molecule has 0 aliphatic carbocycles. The molecule has 3 aromatic rings. The monoisotopic (exact) mass is 475 g/mol. The van der Waals surface area contributed by atoms with Crippen LogP contribution in [0.25, 0.3) is 0 Å². The molecule has 2 heterocycles. The summed E-state index contributed by atoms with van der Waals surface area (Å²) in [5.41, 5.74) is 3.95. The number of rotatable bonds is 3. The van der Waals surface area contributed by atoms with Gasteiger partial charge >= 0.3 is 0 Å². The molecule has 174 valence electrons. The summed E-state index contributed by atoms with van der Waals surface area (Å²) in [6, 6.07) is 18.5. The quantitative estimate of drug-likeness (QED) is 0.510. The highest BCUT2D eigenvalue weighted by atomic mass is 35.5. The van der Waals surface area contributed by atoms with E-state index in [1.807, 2.05) is 42.2 Å². The van der Waals surface area contributed by atoms with E-state index in [1.165, 1.54) is 5.56 Å². The first-order valence-electron chi connectivity index (χ1n) is 11.5. The van der Waals surface area contributed by atoms with Gasteiger partial charge in [0.05, 0.1) is 11.3 Å². The number of para-hydroxylation sites is 1. The lowest BCUT2D eigenvalue weighted by molar-refractivity contribution is 0.0746. The van der Waals surface area contributed by atoms with Crippen LogP contribution in [0.5, 0.6) is 11.5 Å². The van der Waals surface area contributed by atoms with E-state index in [-0.39, 0.29) is 11.8 Å². The molecule has 2 amide bonds. The maximum atomic E-state index is 13.4. The van der Waals surface area contributed by atoms with Crippen molar-refractivity contribution in [2.45, 2.75) is 13.8 Å². The topological polar surface area (TPSA) is 53.1 Å². The molecular weight excluding hydrogens is 450 g/mol. The van der Waals surface area contributed by atoms with Crippen LogP contribution in [0, 0.1) is 6.92 Å². The van der Waals surface area contributed by atoms with Crippen molar-refractivity contribution in [3.63, 3.8) is 0 Å². The Morgan fingerprint density at radius 1 is 0.941 bits per heavy atom. The van der Waals surface area contributed by atoms with Crippen LogP contribution in [0.15, 0.2) is 60.7 Å². The number of carbonyl (C=O) groups excluding carboxylic acids is 2. The predicted molar refractivity (Wildman–Crippen MR) is 135 cm³/mol. The molecule has 1 fully saturated rings. The second kappa shape index (κ2) is 9.03. The first-order valence-corrected chi connectivity index (χ1v) is 11.9. The van der Waals surface area contributed by atoms with Gasteiger partial charge in [-0.3, -0.25) is 9.59 Å². The molecule has 7 heteroatoms. The summed E-state index contributed by atoms with van der Waals surface area (Å²) < 4.78 is 6.06. The molecule has 1 saturated heterocycles. The third-order valence-electron chi connectivity index (χ3n) is 6.47. The zero-order valence-corrected chi connectivity index (χ0v) is 20.0. The number of nitrogens with zero attached hydrogens (tertiary/aromatic N) is 3. The molecule has 5 rings (SSSR count). The van der Waals surface area contributed by atoms with E-state index in [1.54, 1.807) is 35.2 Å². The van der Waals surface area contributed by atoms with Crippen molar-refractivity contribution in [3.05, 3.63) is 82.4 Å². The smallest absolute Gasteiger partial charge is 0.262 e. The van der Waals surface area contributed by atoms with Crippen molar-refractivity contribution in [3.8, 4) is 11.5 Å². The molecule has 34 heavy (non-hydrogen) atoms. The van der Waals surface area contributed by atoms with Crippen LogP contribution in [0.2, 0.25) is 5.02 Å². The average Bonchev–Trinajstić information content (AvgIpc) is 2.98. The molecule has 0 atom stereocenters. The first kappa shape index (κ1) is 22.3. The molecule has 0 aromatic heterocycles. The summed E-state index contributed by atoms with van der Waals surface area (Å²) >= 11 is 6.20. The Morgan fingerprint density at radius 2 is 1.71 bits per heavy atom. The number of aryl methyl sites for hydroxylation is 1. The summed E-state index contributed by atoms with van der Waals surface area (Å²) in [5.74, 6) is 0.914. The van der Waals surface area contributed by atoms with Crippen LogP contribution in [0.1, 0.15) is 33.2 Å². The first-order chi connectivity index (χ1) is 16.5. The fraction of sp³-hybridized carbons (Fsp3) is 0.259.